The zero-order valence-electron chi connectivity index (χ0n) is 6.81. The monoisotopic (exact) mass is 164 g/mol. The summed E-state index contributed by atoms with van der Waals surface area (Å²) in [5.41, 5.74) is 1.16. The molecule has 0 aromatic heterocycles. The topological polar surface area (TPSA) is 29.5 Å². The second kappa shape index (κ2) is 3.25. The lowest BCUT2D eigenvalue weighted by atomic mass is 10.1. The molecule has 1 heterocycles. The van der Waals surface area contributed by atoms with Crippen molar-refractivity contribution in [2.75, 3.05) is 0 Å². The molecule has 1 aliphatic heterocycles. The molecule has 2 rings (SSSR count). The van der Waals surface area contributed by atoms with Gasteiger partial charge in [-0.15, -0.1) is 0 Å². The van der Waals surface area contributed by atoms with Crippen molar-refractivity contribution in [3.8, 4) is 0 Å². The maximum Gasteiger partial charge on any atom is 0.155 e. The predicted molar refractivity (Wildman–Crippen MR) is 45.5 cm³/mol. The first-order chi connectivity index (χ1) is 5.86. The van der Waals surface area contributed by atoms with E-state index in [4.69, 9.17) is 9.84 Å². The molecule has 2 heteroatoms. The Kier molecular flexibility index (Phi) is 2.11. The quantitative estimate of drug-likeness (QED) is 0.686. The molecule has 64 valence electrons. The molecular weight excluding hydrogens is 152 g/mol. The van der Waals surface area contributed by atoms with Crippen LogP contribution in [0.15, 0.2) is 30.3 Å². The van der Waals surface area contributed by atoms with Gasteiger partial charge in [0.2, 0.25) is 0 Å². The molecule has 0 aliphatic carbocycles. The second-order valence-corrected chi connectivity index (χ2v) is 3.07. The summed E-state index contributed by atoms with van der Waals surface area (Å²) < 4.78 is 5.30. The number of aliphatic hydroxyl groups is 1. The minimum Gasteiger partial charge on any atom is -0.368 e. The van der Waals surface area contributed by atoms with E-state index >= 15 is 0 Å². The number of rotatable bonds is 1. The summed E-state index contributed by atoms with van der Waals surface area (Å²) in [4.78, 5) is 0. The Labute approximate surface area is 71.8 Å². The Balaban J connectivity index is 2.11. The van der Waals surface area contributed by atoms with Crippen LogP contribution >= 0.6 is 0 Å². The molecule has 12 heavy (non-hydrogen) atoms. The number of benzene rings is 1. The van der Waals surface area contributed by atoms with Crippen molar-refractivity contribution < 1.29 is 9.84 Å². The van der Waals surface area contributed by atoms with E-state index in [2.05, 4.69) is 0 Å². The van der Waals surface area contributed by atoms with Gasteiger partial charge < -0.3 is 9.84 Å². The normalized spacial score (nSPS) is 29.1. The Hall–Kier alpha value is -0.860. The molecule has 1 aromatic carbocycles. The van der Waals surface area contributed by atoms with Gasteiger partial charge >= 0.3 is 0 Å². The van der Waals surface area contributed by atoms with E-state index in [-0.39, 0.29) is 6.10 Å². The van der Waals surface area contributed by atoms with E-state index in [1.54, 1.807) is 0 Å². The van der Waals surface area contributed by atoms with E-state index in [9.17, 15) is 0 Å². The summed E-state index contributed by atoms with van der Waals surface area (Å²) in [5.74, 6) is 0. The van der Waals surface area contributed by atoms with Gasteiger partial charge in [-0.05, 0) is 12.0 Å². The van der Waals surface area contributed by atoms with Gasteiger partial charge in [-0.25, -0.2) is 0 Å². The zero-order chi connectivity index (χ0) is 8.39. The molecular formula is C10H12O2. The van der Waals surface area contributed by atoms with Crippen LogP contribution in [0.4, 0.5) is 0 Å². The highest BCUT2D eigenvalue weighted by Gasteiger charge is 2.23. The van der Waals surface area contributed by atoms with Crippen LogP contribution in [-0.4, -0.2) is 11.4 Å². The van der Waals surface area contributed by atoms with Gasteiger partial charge in [0.05, 0.1) is 6.10 Å². The molecule has 1 aliphatic rings. The summed E-state index contributed by atoms with van der Waals surface area (Å²) in [6, 6.07) is 10.0. The van der Waals surface area contributed by atoms with Crippen LogP contribution in [0.3, 0.4) is 0 Å². The van der Waals surface area contributed by atoms with Crippen molar-refractivity contribution in [2.24, 2.45) is 0 Å². The average Bonchev–Trinajstić information content (AvgIpc) is 2.54. The minimum absolute atomic E-state index is 0.0983. The summed E-state index contributed by atoms with van der Waals surface area (Å²) in [7, 11) is 0. The minimum atomic E-state index is -0.560. The van der Waals surface area contributed by atoms with Crippen LogP contribution in [0.2, 0.25) is 0 Å². The van der Waals surface area contributed by atoms with E-state index in [0.717, 1.165) is 18.4 Å². The highest BCUT2D eigenvalue weighted by molar-refractivity contribution is 5.18. The molecule has 0 bridgehead atoms. The third kappa shape index (κ3) is 1.49. The standard InChI is InChI=1S/C10H12O2/c11-10-7-6-9(12-10)8-4-2-1-3-5-8/h1-5,9-11H,6-7H2/t9-,10+/m0/s1. The maximum atomic E-state index is 9.14. The fourth-order valence-corrected chi connectivity index (χ4v) is 1.53. The summed E-state index contributed by atoms with van der Waals surface area (Å²) in [6.07, 6.45) is 1.21. The highest BCUT2D eigenvalue weighted by atomic mass is 16.6. The molecule has 1 aromatic rings. The Bertz CT molecular complexity index is 245. The molecule has 1 saturated heterocycles. The van der Waals surface area contributed by atoms with Gasteiger partial charge in [0.25, 0.3) is 0 Å². The number of hydrogen-bond donors (Lipinski definition) is 1. The lowest BCUT2D eigenvalue weighted by molar-refractivity contribution is -0.0913. The smallest absolute Gasteiger partial charge is 0.155 e. The van der Waals surface area contributed by atoms with Crippen molar-refractivity contribution in [1.82, 2.24) is 0 Å². The van der Waals surface area contributed by atoms with Crippen LogP contribution in [0.1, 0.15) is 24.5 Å². The fraction of sp³-hybridized carbons (Fsp3) is 0.400. The van der Waals surface area contributed by atoms with Crippen LogP contribution in [-0.2, 0) is 4.74 Å². The molecule has 0 unspecified atom stereocenters. The highest BCUT2D eigenvalue weighted by Crippen LogP contribution is 2.30. The van der Waals surface area contributed by atoms with Crippen LogP contribution < -0.4 is 0 Å². The number of aliphatic hydroxyl groups excluding tert-OH is 1. The maximum absolute atomic E-state index is 9.14. The van der Waals surface area contributed by atoms with Crippen LogP contribution in [0.25, 0.3) is 0 Å². The van der Waals surface area contributed by atoms with Crippen molar-refractivity contribution in [3.63, 3.8) is 0 Å². The van der Waals surface area contributed by atoms with Crippen molar-refractivity contribution in [2.45, 2.75) is 25.2 Å². The largest absolute Gasteiger partial charge is 0.368 e. The summed E-state index contributed by atoms with van der Waals surface area (Å²) in [5, 5.41) is 9.14. The molecule has 2 atom stereocenters. The van der Waals surface area contributed by atoms with Gasteiger partial charge in [-0.1, -0.05) is 30.3 Å². The molecule has 0 amide bonds. The van der Waals surface area contributed by atoms with Crippen LogP contribution in [0, 0.1) is 0 Å². The van der Waals surface area contributed by atoms with Crippen molar-refractivity contribution >= 4 is 0 Å². The second-order valence-electron chi connectivity index (χ2n) is 3.07. The number of hydrogen-bond acceptors (Lipinski definition) is 2. The zero-order valence-corrected chi connectivity index (χ0v) is 6.81. The van der Waals surface area contributed by atoms with Gasteiger partial charge in [0.15, 0.2) is 6.29 Å². The van der Waals surface area contributed by atoms with Gasteiger partial charge in [0.1, 0.15) is 0 Å². The molecule has 2 nitrogen and oxygen atoms in total. The molecule has 1 fully saturated rings. The van der Waals surface area contributed by atoms with Gasteiger partial charge in [0, 0.05) is 6.42 Å². The van der Waals surface area contributed by atoms with Gasteiger partial charge in [-0.2, -0.15) is 0 Å². The first kappa shape index (κ1) is 7.77. The van der Waals surface area contributed by atoms with Crippen LogP contribution in [0.5, 0.6) is 0 Å². The average molecular weight is 164 g/mol. The molecule has 0 saturated carbocycles. The predicted octanol–water partition coefficient (Wildman–Crippen LogP) is 1.86. The Morgan fingerprint density at radius 1 is 1.17 bits per heavy atom. The Morgan fingerprint density at radius 2 is 1.92 bits per heavy atom. The molecule has 0 spiro atoms. The number of ether oxygens (including phenoxy) is 1. The van der Waals surface area contributed by atoms with Gasteiger partial charge in [-0.3, -0.25) is 0 Å². The van der Waals surface area contributed by atoms with Crippen molar-refractivity contribution in [1.29, 1.82) is 0 Å². The fourth-order valence-electron chi connectivity index (χ4n) is 1.53. The Morgan fingerprint density at radius 3 is 2.50 bits per heavy atom. The third-order valence-electron chi connectivity index (χ3n) is 2.17. The van der Waals surface area contributed by atoms with E-state index in [0.29, 0.717) is 0 Å². The summed E-state index contributed by atoms with van der Waals surface area (Å²) in [6.45, 7) is 0. The first-order valence-electron chi connectivity index (χ1n) is 4.25. The summed E-state index contributed by atoms with van der Waals surface area (Å²) >= 11 is 0. The first-order valence-corrected chi connectivity index (χ1v) is 4.25. The SMILES string of the molecule is O[C@H]1CC[C@@H](c2ccccc2)O1. The lowest BCUT2D eigenvalue weighted by Gasteiger charge is -2.09. The van der Waals surface area contributed by atoms with E-state index in [1.807, 2.05) is 30.3 Å². The van der Waals surface area contributed by atoms with E-state index in [1.165, 1.54) is 0 Å². The molecule has 0 radical (unpaired) electrons. The lowest BCUT2D eigenvalue weighted by Crippen LogP contribution is -2.03. The third-order valence-corrected chi connectivity index (χ3v) is 2.17. The van der Waals surface area contributed by atoms with E-state index < -0.39 is 6.29 Å². The van der Waals surface area contributed by atoms with Crippen molar-refractivity contribution in [3.05, 3.63) is 35.9 Å². The molecule has 1 N–H and O–H groups in total.